The maximum atomic E-state index is 2.37. The lowest BCUT2D eigenvalue weighted by atomic mass is 9.64. The lowest BCUT2D eigenvalue weighted by Gasteiger charge is -2.39. The van der Waals surface area contributed by atoms with Crippen molar-refractivity contribution in [1.82, 2.24) is 0 Å². The largest absolute Gasteiger partial charge is 0.0654 e. The summed E-state index contributed by atoms with van der Waals surface area (Å²) in [6.45, 7) is 7.01. The van der Waals surface area contributed by atoms with Crippen LogP contribution in [0, 0.1) is 5.92 Å². The van der Waals surface area contributed by atoms with Gasteiger partial charge in [-0.3, -0.25) is 0 Å². The van der Waals surface area contributed by atoms with Gasteiger partial charge < -0.3 is 0 Å². The van der Waals surface area contributed by atoms with Gasteiger partial charge in [-0.2, -0.15) is 0 Å². The Kier molecular flexibility index (Phi) is 5.61. The van der Waals surface area contributed by atoms with Crippen LogP contribution in [0.1, 0.15) is 57.6 Å². The highest BCUT2D eigenvalue weighted by Crippen LogP contribution is 2.43. The molecule has 0 fully saturated rings. The smallest absolute Gasteiger partial charge is 0.0225 e. The maximum Gasteiger partial charge on any atom is 0.0225 e. The van der Waals surface area contributed by atoms with E-state index in [0.717, 1.165) is 0 Å². The van der Waals surface area contributed by atoms with Gasteiger partial charge in [0, 0.05) is 5.41 Å². The van der Waals surface area contributed by atoms with Crippen LogP contribution >= 0.6 is 0 Å². The monoisotopic (exact) mass is 280 g/mol. The van der Waals surface area contributed by atoms with E-state index in [-0.39, 0.29) is 5.41 Å². The summed E-state index contributed by atoms with van der Waals surface area (Å²) >= 11 is 0. The minimum absolute atomic E-state index is 0.137. The van der Waals surface area contributed by atoms with Crippen molar-refractivity contribution in [3.8, 4) is 0 Å². The van der Waals surface area contributed by atoms with Crippen LogP contribution in [0.2, 0.25) is 0 Å². The molecule has 2 rings (SSSR count). The molecule has 0 aliphatic heterocycles. The molecule has 0 nitrogen and oxygen atoms in total. The molecule has 0 spiro atoms. The fourth-order valence-corrected chi connectivity index (χ4v) is 3.54. The Bertz CT molecular complexity index is 471. The molecule has 0 heteroatoms. The van der Waals surface area contributed by atoms with Gasteiger partial charge in [-0.1, -0.05) is 101 Å². The van der Waals surface area contributed by atoms with E-state index in [4.69, 9.17) is 0 Å². The molecule has 0 N–H and O–H groups in total. The number of unbranched alkanes of at least 4 members (excludes halogenated alkanes) is 2. The topological polar surface area (TPSA) is 0 Å². The first-order valence-corrected chi connectivity index (χ1v) is 8.33. The zero-order valence-electron chi connectivity index (χ0n) is 13.7. The van der Waals surface area contributed by atoms with Crippen molar-refractivity contribution >= 4 is 0 Å². The number of rotatable bonds is 7. The third-order valence-corrected chi connectivity index (χ3v) is 4.74. The second-order valence-electron chi connectivity index (χ2n) is 6.32. The van der Waals surface area contributed by atoms with E-state index in [2.05, 4.69) is 81.4 Å². The normalized spacial score (nSPS) is 11.8. The average Bonchev–Trinajstić information content (AvgIpc) is 2.53. The summed E-state index contributed by atoms with van der Waals surface area (Å²) in [6.07, 6.45) is 5.11. The molecule has 0 heterocycles. The van der Waals surface area contributed by atoms with Crippen LogP contribution in [-0.4, -0.2) is 0 Å². The zero-order chi connectivity index (χ0) is 15.1. The Hall–Kier alpha value is -1.56. The molecule has 0 saturated carbocycles. The van der Waals surface area contributed by atoms with Gasteiger partial charge in [-0.05, 0) is 23.5 Å². The molecule has 0 aliphatic carbocycles. The van der Waals surface area contributed by atoms with Crippen LogP contribution in [0.25, 0.3) is 0 Å². The van der Waals surface area contributed by atoms with Gasteiger partial charge in [-0.25, -0.2) is 0 Å². The second-order valence-corrected chi connectivity index (χ2v) is 6.32. The lowest BCUT2D eigenvalue weighted by Crippen LogP contribution is -2.33. The van der Waals surface area contributed by atoms with E-state index in [1.54, 1.807) is 0 Å². The highest BCUT2D eigenvalue weighted by Gasteiger charge is 2.36. The predicted molar refractivity (Wildman–Crippen MR) is 92.6 cm³/mol. The van der Waals surface area contributed by atoms with Gasteiger partial charge in [0.1, 0.15) is 0 Å². The molecular formula is C21H28. The number of hydrogen-bond acceptors (Lipinski definition) is 0. The van der Waals surface area contributed by atoms with Gasteiger partial charge in [0.15, 0.2) is 0 Å². The van der Waals surface area contributed by atoms with Gasteiger partial charge in [-0.15, -0.1) is 0 Å². The number of benzene rings is 2. The van der Waals surface area contributed by atoms with E-state index in [9.17, 15) is 0 Å². The van der Waals surface area contributed by atoms with Crippen LogP contribution in [0.3, 0.4) is 0 Å². The zero-order valence-corrected chi connectivity index (χ0v) is 13.7. The Balaban J connectivity index is 2.50. The molecule has 0 atom stereocenters. The van der Waals surface area contributed by atoms with Crippen molar-refractivity contribution in [3.05, 3.63) is 71.8 Å². The molecule has 0 radical (unpaired) electrons. The van der Waals surface area contributed by atoms with E-state index >= 15 is 0 Å². The van der Waals surface area contributed by atoms with E-state index in [1.807, 2.05) is 0 Å². The summed E-state index contributed by atoms with van der Waals surface area (Å²) in [6, 6.07) is 22.2. The minimum atomic E-state index is 0.137. The average molecular weight is 280 g/mol. The maximum absolute atomic E-state index is 2.37. The molecule has 0 unspecified atom stereocenters. The summed E-state index contributed by atoms with van der Waals surface area (Å²) < 4.78 is 0. The molecule has 0 aromatic heterocycles. The lowest BCUT2D eigenvalue weighted by molar-refractivity contribution is 0.332. The van der Waals surface area contributed by atoms with Crippen LogP contribution in [0.5, 0.6) is 0 Å². The third kappa shape index (κ3) is 3.37. The summed E-state index contributed by atoms with van der Waals surface area (Å²) in [5.41, 5.74) is 3.06. The van der Waals surface area contributed by atoms with E-state index in [0.29, 0.717) is 5.92 Å². The Labute approximate surface area is 130 Å². The molecule has 0 amide bonds. The van der Waals surface area contributed by atoms with Crippen molar-refractivity contribution in [2.24, 2.45) is 5.92 Å². The summed E-state index contributed by atoms with van der Waals surface area (Å²) in [5, 5.41) is 0. The highest BCUT2D eigenvalue weighted by molar-refractivity contribution is 5.40. The standard InChI is InChI=1S/C21H28/c1-4-5-12-17-21(18(2)3,19-13-8-6-9-14-19)20-15-10-7-11-16-20/h6-11,13-16,18H,4-5,12,17H2,1-3H3. The van der Waals surface area contributed by atoms with Crippen molar-refractivity contribution in [1.29, 1.82) is 0 Å². The minimum Gasteiger partial charge on any atom is -0.0654 e. The van der Waals surface area contributed by atoms with Crippen LogP contribution in [0.15, 0.2) is 60.7 Å². The highest BCUT2D eigenvalue weighted by atomic mass is 14.4. The third-order valence-electron chi connectivity index (χ3n) is 4.74. The van der Waals surface area contributed by atoms with Crippen molar-refractivity contribution in [2.45, 2.75) is 51.9 Å². The fourth-order valence-electron chi connectivity index (χ4n) is 3.54. The molecule has 0 saturated heterocycles. The van der Waals surface area contributed by atoms with E-state index in [1.165, 1.54) is 36.8 Å². The van der Waals surface area contributed by atoms with Crippen molar-refractivity contribution in [2.75, 3.05) is 0 Å². The molecule has 112 valence electrons. The van der Waals surface area contributed by atoms with Crippen LogP contribution < -0.4 is 0 Å². The Morgan fingerprint density at radius 2 is 1.24 bits per heavy atom. The van der Waals surface area contributed by atoms with Gasteiger partial charge >= 0.3 is 0 Å². The second kappa shape index (κ2) is 7.45. The van der Waals surface area contributed by atoms with Gasteiger partial charge in [0.25, 0.3) is 0 Å². The van der Waals surface area contributed by atoms with Gasteiger partial charge in [0.05, 0.1) is 0 Å². The summed E-state index contributed by atoms with van der Waals surface area (Å²) in [5.74, 6) is 0.583. The van der Waals surface area contributed by atoms with Gasteiger partial charge in [0.2, 0.25) is 0 Å². The quantitative estimate of drug-likeness (QED) is 0.529. The summed E-state index contributed by atoms with van der Waals surface area (Å²) in [4.78, 5) is 0. The predicted octanol–water partition coefficient (Wildman–Crippen LogP) is 6.21. The first-order valence-electron chi connectivity index (χ1n) is 8.33. The molecule has 0 bridgehead atoms. The molecule has 2 aromatic rings. The van der Waals surface area contributed by atoms with Crippen LogP contribution in [0.4, 0.5) is 0 Å². The van der Waals surface area contributed by atoms with Crippen molar-refractivity contribution < 1.29 is 0 Å². The molecule has 21 heavy (non-hydrogen) atoms. The fraction of sp³-hybridized carbons (Fsp3) is 0.429. The number of hydrogen-bond donors (Lipinski definition) is 0. The SMILES string of the molecule is CCCCCC(c1ccccc1)(c1ccccc1)C(C)C. The van der Waals surface area contributed by atoms with Crippen molar-refractivity contribution in [3.63, 3.8) is 0 Å². The molecule has 0 aliphatic rings. The summed E-state index contributed by atoms with van der Waals surface area (Å²) in [7, 11) is 0. The molecular weight excluding hydrogens is 252 g/mol. The Morgan fingerprint density at radius 1 is 0.762 bits per heavy atom. The Morgan fingerprint density at radius 3 is 1.62 bits per heavy atom. The van der Waals surface area contributed by atoms with E-state index < -0.39 is 0 Å². The molecule has 2 aromatic carbocycles. The van der Waals surface area contributed by atoms with Crippen LogP contribution in [-0.2, 0) is 5.41 Å². The first-order chi connectivity index (χ1) is 10.2. The first kappa shape index (κ1) is 15.8.